The van der Waals surface area contributed by atoms with Crippen LogP contribution in [0.2, 0.25) is 0 Å². The van der Waals surface area contributed by atoms with Gasteiger partial charge in [-0.1, -0.05) is 24.3 Å². The van der Waals surface area contributed by atoms with E-state index in [9.17, 15) is 9.18 Å². The molecule has 1 atom stereocenters. The van der Waals surface area contributed by atoms with Gasteiger partial charge in [-0.3, -0.25) is 9.69 Å². The first-order valence-electron chi connectivity index (χ1n) is 9.42. The molecular weight excluding hydrogens is 341 g/mol. The third kappa shape index (κ3) is 3.74. The van der Waals surface area contributed by atoms with E-state index >= 15 is 0 Å². The van der Waals surface area contributed by atoms with Crippen LogP contribution in [0.5, 0.6) is 0 Å². The number of aromatic nitrogens is 1. The molecule has 1 N–H and O–H groups in total. The van der Waals surface area contributed by atoms with Crippen LogP contribution in [0.4, 0.5) is 4.39 Å². The SMILES string of the molecule is CN(C(=O)c1ccc2cc[nH]c2c1)C1CCCN(Cc2ccccc2F)C1. The van der Waals surface area contributed by atoms with Gasteiger partial charge in [-0.2, -0.15) is 0 Å². The Morgan fingerprint density at radius 3 is 2.96 bits per heavy atom. The number of H-pyrrole nitrogens is 1. The minimum Gasteiger partial charge on any atom is -0.361 e. The van der Waals surface area contributed by atoms with Gasteiger partial charge in [0, 0.05) is 49.0 Å². The summed E-state index contributed by atoms with van der Waals surface area (Å²) in [6, 6.07) is 14.8. The van der Waals surface area contributed by atoms with Gasteiger partial charge in [-0.05, 0) is 49.0 Å². The number of aromatic amines is 1. The Balaban J connectivity index is 1.45. The molecular formula is C22H24FN3O. The van der Waals surface area contributed by atoms with Gasteiger partial charge in [0.2, 0.25) is 0 Å². The van der Waals surface area contributed by atoms with Crippen molar-refractivity contribution in [2.24, 2.45) is 0 Å². The fourth-order valence-electron chi connectivity index (χ4n) is 3.91. The van der Waals surface area contributed by atoms with Gasteiger partial charge in [-0.15, -0.1) is 0 Å². The van der Waals surface area contributed by atoms with Gasteiger partial charge in [0.05, 0.1) is 0 Å². The van der Waals surface area contributed by atoms with Gasteiger partial charge in [0.1, 0.15) is 5.82 Å². The Kier molecular flexibility index (Phi) is 4.94. The van der Waals surface area contributed by atoms with Crippen LogP contribution in [-0.2, 0) is 6.54 Å². The van der Waals surface area contributed by atoms with E-state index < -0.39 is 0 Å². The van der Waals surface area contributed by atoms with E-state index in [-0.39, 0.29) is 17.8 Å². The van der Waals surface area contributed by atoms with Gasteiger partial charge < -0.3 is 9.88 Å². The highest BCUT2D eigenvalue weighted by Gasteiger charge is 2.27. The first kappa shape index (κ1) is 17.7. The molecule has 0 aliphatic carbocycles. The van der Waals surface area contributed by atoms with E-state index in [0.29, 0.717) is 17.7 Å². The Morgan fingerprint density at radius 2 is 2.11 bits per heavy atom. The predicted octanol–water partition coefficient (Wildman–Crippen LogP) is 4.04. The smallest absolute Gasteiger partial charge is 0.253 e. The number of halogens is 1. The molecule has 1 saturated heterocycles. The Labute approximate surface area is 158 Å². The van der Waals surface area contributed by atoms with Crippen molar-refractivity contribution >= 4 is 16.8 Å². The fourth-order valence-corrected chi connectivity index (χ4v) is 3.91. The van der Waals surface area contributed by atoms with Crippen LogP contribution in [0.15, 0.2) is 54.7 Å². The number of fused-ring (bicyclic) bond motifs is 1. The van der Waals surface area contributed by atoms with Crippen LogP contribution in [0.1, 0.15) is 28.8 Å². The highest BCUT2D eigenvalue weighted by atomic mass is 19.1. The molecule has 4 rings (SSSR count). The molecule has 1 unspecified atom stereocenters. The highest BCUT2D eigenvalue weighted by Crippen LogP contribution is 2.21. The molecule has 1 aliphatic rings. The number of nitrogens with one attached hydrogen (secondary N) is 1. The molecule has 1 aromatic heterocycles. The number of likely N-dealkylation sites (tertiary alicyclic amines) is 1. The number of hydrogen-bond donors (Lipinski definition) is 1. The molecule has 2 heterocycles. The maximum Gasteiger partial charge on any atom is 0.253 e. The molecule has 140 valence electrons. The molecule has 0 radical (unpaired) electrons. The molecule has 1 fully saturated rings. The van der Waals surface area contributed by atoms with Crippen LogP contribution in [-0.4, -0.2) is 46.9 Å². The second kappa shape index (κ2) is 7.53. The number of piperidine rings is 1. The Morgan fingerprint density at radius 1 is 1.26 bits per heavy atom. The zero-order chi connectivity index (χ0) is 18.8. The van der Waals surface area contributed by atoms with E-state index in [1.807, 2.05) is 54.5 Å². The molecule has 27 heavy (non-hydrogen) atoms. The van der Waals surface area contributed by atoms with Crippen molar-refractivity contribution in [2.75, 3.05) is 20.1 Å². The van der Waals surface area contributed by atoms with Gasteiger partial charge >= 0.3 is 0 Å². The van der Waals surface area contributed by atoms with E-state index in [2.05, 4.69) is 9.88 Å². The lowest BCUT2D eigenvalue weighted by Crippen LogP contribution is -2.48. The normalized spacial score (nSPS) is 17.9. The summed E-state index contributed by atoms with van der Waals surface area (Å²) < 4.78 is 14.0. The molecule has 1 amide bonds. The Hall–Kier alpha value is -2.66. The molecule has 0 saturated carbocycles. The first-order valence-corrected chi connectivity index (χ1v) is 9.42. The lowest BCUT2D eigenvalue weighted by atomic mass is 10.0. The standard InChI is InChI=1S/C22H24FN3O/c1-25(22(27)17-9-8-16-10-11-24-21(16)13-17)19-6-4-12-26(15-19)14-18-5-2-3-7-20(18)23/h2-3,5,7-11,13,19,24H,4,6,12,14-15H2,1H3. The van der Waals surface area contributed by atoms with Crippen LogP contribution in [0.3, 0.4) is 0 Å². The molecule has 5 heteroatoms. The summed E-state index contributed by atoms with van der Waals surface area (Å²) in [4.78, 5) is 20.2. The lowest BCUT2D eigenvalue weighted by Gasteiger charge is -2.37. The maximum absolute atomic E-state index is 14.0. The molecule has 0 spiro atoms. The van der Waals surface area contributed by atoms with E-state index in [0.717, 1.165) is 36.8 Å². The first-order chi connectivity index (χ1) is 13.1. The third-order valence-corrected chi connectivity index (χ3v) is 5.50. The van der Waals surface area contributed by atoms with E-state index in [1.165, 1.54) is 6.07 Å². The number of benzene rings is 2. The van der Waals surface area contributed by atoms with Gasteiger partial charge in [0.15, 0.2) is 0 Å². The second-order valence-electron chi connectivity index (χ2n) is 7.32. The summed E-state index contributed by atoms with van der Waals surface area (Å²) in [6.07, 6.45) is 3.86. The molecule has 3 aromatic rings. The van der Waals surface area contributed by atoms with Crippen molar-refractivity contribution in [2.45, 2.75) is 25.4 Å². The minimum absolute atomic E-state index is 0.0317. The minimum atomic E-state index is -0.164. The van der Waals surface area contributed by atoms with Crippen LogP contribution in [0, 0.1) is 5.82 Å². The number of likely N-dealkylation sites (N-methyl/N-ethyl adjacent to an activating group) is 1. The van der Waals surface area contributed by atoms with Crippen molar-refractivity contribution in [3.63, 3.8) is 0 Å². The van der Waals surface area contributed by atoms with E-state index in [4.69, 9.17) is 0 Å². The summed E-state index contributed by atoms with van der Waals surface area (Å²) in [5.41, 5.74) is 2.38. The average molecular weight is 365 g/mol. The number of carbonyl (C=O) groups is 1. The largest absolute Gasteiger partial charge is 0.361 e. The number of carbonyl (C=O) groups excluding carboxylic acids is 1. The molecule has 4 nitrogen and oxygen atoms in total. The highest BCUT2D eigenvalue weighted by molar-refractivity contribution is 5.98. The third-order valence-electron chi connectivity index (χ3n) is 5.50. The summed E-state index contributed by atoms with van der Waals surface area (Å²) in [6.45, 7) is 2.28. The predicted molar refractivity (Wildman–Crippen MR) is 105 cm³/mol. The van der Waals surface area contributed by atoms with Crippen LogP contribution < -0.4 is 0 Å². The zero-order valence-electron chi connectivity index (χ0n) is 15.5. The van der Waals surface area contributed by atoms with Crippen LogP contribution >= 0.6 is 0 Å². The van der Waals surface area contributed by atoms with Crippen molar-refractivity contribution < 1.29 is 9.18 Å². The van der Waals surface area contributed by atoms with Gasteiger partial charge in [-0.25, -0.2) is 4.39 Å². The van der Waals surface area contributed by atoms with Crippen molar-refractivity contribution in [3.8, 4) is 0 Å². The number of hydrogen-bond acceptors (Lipinski definition) is 2. The monoisotopic (exact) mass is 365 g/mol. The molecule has 2 aromatic carbocycles. The second-order valence-corrected chi connectivity index (χ2v) is 7.32. The molecule has 1 aliphatic heterocycles. The van der Waals surface area contributed by atoms with Gasteiger partial charge in [0.25, 0.3) is 5.91 Å². The molecule has 0 bridgehead atoms. The zero-order valence-corrected chi connectivity index (χ0v) is 15.5. The van der Waals surface area contributed by atoms with Crippen LogP contribution in [0.25, 0.3) is 10.9 Å². The summed E-state index contributed by atoms with van der Waals surface area (Å²) in [5.74, 6) is -0.132. The van der Waals surface area contributed by atoms with Crippen molar-refractivity contribution in [1.82, 2.24) is 14.8 Å². The number of nitrogens with zero attached hydrogens (tertiary/aromatic N) is 2. The average Bonchev–Trinajstić information content (AvgIpc) is 3.16. The topological polar surface area (TPSA) is 39.3 Å². The fraction of sp³-hybridized carbons (Fsp3) is 0.318. The van der Waals surface area contributed by atoms with Crippen molar-refractivity contribution in [1.29, 1.82) is 0 Å². The number of rotatable bonds is 4. The van der Waals surface area contributed by atoms with Crippen molar-refractivity contribution in [3.05, 3.63) is 71.7 Å². The summed E-state index contributed by atoms with van der Waals surface area (Å²) in [5, 5.41) is 1.10. The quantitative estimate of drug-likeness (QED) is 0.758. The Bertz CT molecular complexity index is 951. The van der Waals surface area contributed by atoms with E-state index in [1.54, 1.807) is 6.07 Å². The lowest BCUT2D eigenvalue weighted by molar-refractivity contribution is 0.0608. The summed E-state index contributed by atoms with van der Waals surface area (Å²) >= 11 is 0. The summed E-state index contributed by atoms with van der Waals surface area (Å²) in [7, 11) is 1.87. The maximum atomic E-state index is 14.0. The number of amides is 1.